The van der Waals surface area contributed by atoms with E-state index in [1.54, 1.807) is 19.1 Å². The Balaban J connectivity index is 1.51. The lowest BCUT2D eigenvalue weighted by Crippen LogP contribution is -2.18. The van der Waals surface area contributed by atoms with Crippen molar-refractivity contribution >= 4 is 6.08 Å². The van der Waals surface area contributed by atoms with Gasteiger partial charge in [0, 0.05) is 11.1 Å². The van der Waals surface area contributed by atoms with E-state index in [1.807, 2.05) is 0 Å². The number of halogens is 3. The smallest absolute Gasteiger partial charge is 0.167 e. The zero-order valence-corrected chi connectivity index (χ0v) is 19.5. The van der Waals surface area contributed by atoms with Gasteiger partial charge in [-0.3, -0.25) is 0 Å². The van der Waals surface area contributed by atoms with Crippen LogP contribution in [0.3, 0.4) is 0 Å². The maximum atomic E-state index is 15.0. The highest BCUT2D eigenvalue weighted by molar-refractivity contribution is 5.71. The summed E-state index contributed by atoms with van der Waals surface area (Å²) in [5.74, 6) is -0.811. The van der Waals surface area contributed by atoms with E-state index in [1.165, 1.54) is 69.1 Å². The lowest BCUT2D eigenvalue weighted by atomic mass is 9.74. The van der Waals surface area contributed by atoms with Crippen molar-refractivity contribution in [3.05, 3.63) is 64.0 Å². The first-order valence-electron chi connectivity index (χ1n) is 12.5. The predicted octanol–water partition coefficient (Wildman–Crippen LogP) is 9.05. The first-order valence-corrected chi connectivity index (χ1v) is 12.5. The summed E-state index contributed by atoms with van der Waals surface area (Å²) in [6.45, 7) is 4.03. The fourth-order valence-electron chi connectivity index (χ4n) is 5.64. The normalized spacial score (nSPS) is 20.7. The van der Waals surface area contributed by atoms with Crippen LogP contribution in [-0.2, 0) is 12.8 Å². The first kappa shape index (κ1) is 23.1. The highest BCUT2D eigenvalue weighted by atomic mass is 19.2. The molecule has 0 nitrogen and oxygen atoms in total. The van der Waals surface area contributed by atoms with Gasteiger partial charge in [0.15, 0.2) is 11.6 Å². The summed E-state index contributed by atoms with van der Waals surface area (Å²) in [7, 11) is 0. The van der Waals surface area contributed by atoms with Gasteiger partial charge in [0.05, 0.1) is 0 Å². The number of hydrogen-bond donors (Lipinski definition) is 0. The van der Waals surface area contributed by atoms with E-state index in [0.29, 0.717) is 17.9 Å². The topological polar surface area (TPSA) is 0 Å². The van der Waals surface area contributed by atoms with Gasteiger partial charge in [-0.05, 0) is 85.6 Å². The SMILES string of the molecule is CCCCCC1CCC(C2=Cc3cc(F)c(-c4ccc(CC)c(F)c4F)cc3CC2)CC1. The van der Waals surface area contributed by atoms with Crippen LogP contribution in [0.15, 0.2) is 29.8 Å². The molecule has 2 aromatic carbocycles. The van der Waals surface area contributed by atoms with Crippen LogP contribution in [0.4, 0.5) is 13.2 Å². The molecule has 2 aliphatic rings. The molecule has 2 aromatic rings. The second kappa shape index (κ2) is 10.3. The molecule has 0 radical (unpaired) electrons. The highest BCUT2D eigenvalue weighted by Crippen LogP contribution is 2.41. The van der Waals surface area contributed by atoms with E-state index in [9.17, 15) is 8.78 Å². The van der Waals surface area contributed by atoms with Crippen LogP contribution in [0.5, 0.6) is 0 Å². The Morgan fingerprint density at radius 2 is 1.62 bits per heavy atom. The van der Waals surface area contributed by atoms with Crippen LogP contribution in [0.1, 0.15) is 88.3 Å². The van der Waals surface area contributed by atoms with Gasteiger partial charge < -0.3 is 0 Å². The maximum Gasteiger partial charge on any atom is 0.167 e. The standard InChI is InChI=1S/C29H35F3/c1-3-5-6-7-19-8-10-21(11-9-19)22-12-13-23-17-26(27(30)18-24(23)16-22)25-15-14-20(4-2)28(31)29(25)32/h14-19,21H,3-13H2,1-2H3. The number of hydrogen-bond acceptors (Lipinski definition) is 0. The van der Waals surface area contributed by atoms with Crippen molar-refractivity contribution in [2.24, 2.45) is 11.8 Å². The van der Waals surface area contributed by atoms with E-state index < -0.39 is 17.5 Å². The molecular formula is C29H35F3. The van der Waals surface area contributed by atoms with Gasteiger partial charge in [-0.1, -0.05) is 63.3 Å². The summed E-state index contributed by atoms with van der Waals surface area (Å²) in [6.07, 6.45) is 14.8. The Morgan fingerprint density at radius 3 is 2.34 bits per heavy atom. The van der Waals surface area contributed by atoms with Crippen molar-refractivity contribution in [2.75, 3.05) is 0 Å². The average Bonchev–Trinajstić information content (AvgIpc) is 2.81. The third-order valence-corrected chi connectivity index (χ3v) is 7.67. The largest absolute Gasteiger partial charge is 0.206 e. The minimum Gasteiger partial charge on any atom is -0.206 e. The molecule has 0 heterocycles. The van der Waals surface area contributed by atoms with E-state index in [2.05, 4.69) is 13.0 Å². The monoisotopic (exact) mass is 440 g/mol. The van der Waals surface area contributed by atoms with Crippen LogP contribution < -0.4 is 0 Å². The Labute approximate surface area is 190 Å². The fourth-order valence-corrected chi connectivity index (χ4v) is 5.64. The van der Waals surface area contributed by atoms with Crippen LogP contribution in [0.25, 0.3) is 17.2 Å². The molecule has 1 saturated carbocycles. The number of rotatable bonds is 7. The summed E-state index contributed by atoms with van der Waals surface area (Å²) < 4.78 is 43.9. The predicted molar refractivity (Wildman–Crippen MR) is 127 cm³/mol. The Hall–Kier alpha value is -2.03. The molecule has 32 heavy (non-hydrogen) atoms. The number of unbranched alkanes of at least 4 members (excludes halogenated alkanes) is 2. The maximum absolute atomic E-state index is 15.0. The van der Waals surface area contributed by atoms with Gasteiger partial charge in [0.1, 0.15) is 5.82 Å². The molecule has 0 aliphatic heterocycles. The average molecular weight is 441 g/mol. The molecule has 0 atom stereocenters. The molecule has 0 amide bonds. The Morgan fingerprint density at radius 1 is 0.844 bits per heavy atom. The van der Waals surface area contributed by atoms with Crippen molar-refractivity contribution in [1.82, 2.24) is 0 Å². The molecule has 0 unspecified atom stereocenters. The zero-order valence-electron chi connectivity index (χ0n) is 19.5. The third-order valence-electron chi connectivity index (χ3n) is 7.67. The van der Waals surface area contributed by atoms with Crippen LogP contribution in [0, 0.1) is 29.3 Å². The number of benzene rings is 2. The number of aryl methyl sites for hydroxylation is 2. The van der Waals surface area contributed by atoms with Crippen LogP contribution >= 0.6 is 0 Å². The molecule has 3 heteroatoms. The summed E-state index contributed by atoms with van der Waals surface area (Å²) in [4.78, 5) is 0. The van der Waals surface area contributed by atoms with Gasteiger partial charge >= 0.3 is 0 Å². The quantitative estimate of drug-likeness (QED) is 0.377. The third kappa shape index (κ3) is 4.82. The van der Waals surface area contributed by atoms with E-state index >= 15 is 4.39 Å². The molecule has 0 bridgehead atoms. The van der Waals surface area contributed by atoms with Crippen LogP contribution in [0.2, 0.25) is 0 Å². The van der Waals surface area contributed by atoms with Gasteiger partial charge in [0.25, 0.3) is 0 Å². The zero-order chi connectivity index (χ0) is 22.7. The summed E-state index contributed by atoms with van der Waals surface area (Å²) in [6, 6.07) is 6.31. The van der Waals surface area contributed by atoms with Gasteiger partial charge in [-0.15, -0.1) is 0 Å². The second-order valence-electron chi connectivity index (χ2n) is 9.72. The van der Waals surface area contributed by atoms with E-state index in [-0.39, 0.29) is 11.1 Å². The molecule has 0 spiro atoms. The molecule has 0 aromatic heterocycles. The van der Waals surface area contributed by atoms with Crippen molar-refractivity contribution in [2.45, 2.75) is 84.5 Å². The number of fused-ring (bicyclic) bond motifs is 1. The lowest BCUT2D eigenvalue weighted by molar-refractivity contribution is 0.279. The van der Waals surface area contributed by atoms with Crippen molar-refractivity contribution in [3.63, 3.8) is 0 Å². The molecule has 4 rings (SSSR count). The minimum absolute atomic E-state index is 0.0103. The van der Waals surface area contributed by atoms with Crippen molar-refractivity contribution in [3.8, 4) is 11.1 Å². The molecule has 0 N–H and O–H groups in total. The minimum atomic E-state index is -0.953. The van der Waals surface area contributed by atoms with Crippen molar-refractivity contribution < 1.29 is 13.2 Å². The molecule has 2 aliphatic carbocycles. The van der Waals surface area contributed by atoms with Gasteiger partial charge in [-0.2, -0.15) is 0 Å². The number of allylic oxidation sites excluding steroid dienone is 1. The highest BCUT2D eigenvalue weighted by Gasteiger charge is 2.26. The summed E-state index contributed by atoms with van der Waals surface area (Å²) in [5.41, 5.74) is 3.86. The summed E-state index contributed by atoms with van der Waals surface area (Å²) >= 11 is 0. The second-order valence-corrected chi connectivity index (χ2v) is 9.72. The fraction of sp³-hybridized carbons (Fsp3) is 0.517. The van der Waals surface area contributed by atoms with Gasteiger partial charge in [0.2, 0.25) is 0 Å². The van der Waals surface area contributed by atoms with E-state index in [0.717, 1.165) is 29.9 Å². The van der Waals surface area contributed by atoms with Gasteiger partial charge in [-0.25, -0.2) is 13.2 Å². The first-order chi connectivity index (χ1) is 15.5. The lowest BCUT2D eigenvalue weighted by Gasteiger charge is -2.32. The Kier molecular flexibility index (Phi) is 7.43. The molecule has 1 fully saturated rings. The Bertz CT molecular complexity index is 980. The van der Waals surface area contributed by atoms with Crippen molar-refractivity contribution in [1.29, 1.82) is 0 Å². The molecular weight excluding hydrogens is 405 g/mol. The molecule has 172 valence electrons. The molecule has 0 saturated heterocycles. The summed E-state index contributed by atoms with van der Waals surface area (Å²) in [5, 5.41) is 0. The van der Waals surface area contributed by atoms with Crippen LogP contribution in [-0.4, -0.2) is 0 Å². The van der Waals surface area contributed by atoms with E-state index in [4.69, 9.17) is 0 Å².